The number of benzene rings is 2. The van der Waals surface area contributed by atoms with Gasteiger partial charge in [-0.3, -0.25) is 9.69 Å². The van der Waals surface area contributed by atoms with E-state index in [-0.39, 0.29) is 30.1 Å². The molecule has 2 aliphatic rings. The Bertz CT molecular complexity index is 1160. The molecule has 2 aliphatic heterocycles. The summed E-state index contributed by atoms with van der Waals surface area (Å²) < 4.78 is 16.1. The molecule has 34 heavy (non-hydrogen) atoms. The summed E-state index contributed by atoms with van der Waals surface area (Å²) in [5.41, 5.74) is 4.71. The van der Waals surface area contributed by atoms with Gasteiger partial charge >= 0.3 is 5.97 Å². The standard InChI is InChI=1S/C27H33N3O4/c1-32-12-11-28-18-14-23(17-7-6-8-19(13-17)33-2)30-24(15-18)26-21(16-25(30)27(31)34-3)20-9-4-5-10-22(20)29-26/h4-10,13,18,23-25,28-29H,11-12,14-16H2,1-3H3. The number of ether oxygens (including phenoxy) is 3. The number of carbonyl (C=O) groups is 1. The van der Waals surface area contributed by atoms with E-state index in [1.807, 2.05) is 12.1 Å². The average Bonchev–Trinajstić information content (AvgIpc) is 3.26. The number of piperidine rings is 1. The topological polar surface area (TPSA) is 75.8 Å². The predicted molar refractivity (Wildman–Crippen MR) is 131 cm³/mol. The number of nitrogens with one attached hydrogen (secondary N) is 2. The van der Waals surface area contributed by atoms with Crippen molar-refractivity contribution in [2.24, 2.45) is 0 Å². The van der Waals surface area contributed by atoms with Gasteiger partial charge in [0.2, 0.25) is 0 Å². The molecule has 1 fully saturated rings. The molecule has 0 bridgehead atoms. The van der Waals surface area contributed by atoms with Crippen molar-refractivity contribution >= 4 is 16.9 Å². The number of hydrogen-bond acceptors (Lipinski definition) is 6. The lowest BCUT2D eigenvalue weighted by atomic mass is 9.79. The molecule has 0 spiro atoms. The van der Waals surface area contributed by atoms with E-state index in [1.165, 1.54) is 23.8 Å². The first-order valence-electron chi connectivity index (χ1n) is 12.0. The Morgan fingerprint density at radius 3 is 2.71 bits per heavy atom. The van der Waals surface area contributed by atoms with Crippen molar-refractivity contribution in [2.45, 2.75) is 43.4 Å². The SMILES string of the molecule is COCCNC1CC(c2cccc(OC)c2)N2C(C(=O)OC)Cc3c([nH]c4ccccc34)C2C1. The van der Waals surface area contributed by atoms with Gasteiger partial charge in [0.05, 0.1) is 26.9 Å². The summed E-state index contributed by atoms with van der Waals surface area (Å²) in [6.07, 6.45) is 2.42. The zero-order chi connectivity index (χ0) is 23.7. The number of aromatic amines is 1. The summed E-state index contributed by atoms with van der Waals surface area (Å²) in [5.74, 6) is 0.640. The van der Waals surface area contributed by atoms with Gasteiger partial charge in [-0.1, -0.05) is 30.3 Å². The van der Waals surface area contributed by atoms with Gasteiger partial charge in [0.25, 0.3) is 0 Å². The Kier molecular flexibility index (Phi) is 6.59. The number of rotatable bonds is 7. The van der Waals surface area contributed by atoms with Gasteiger partial charge in [0.15, 0.2) is 0 Å². The van der Waals surface area contributed by atoms with E-state index in [0.717, 1.165) is 36.2 Å². The maximum absolute atomic E-state index is 13.2. The summed E-state index contributed by atoms with van der Waals surface area (Å²) >= 11 is 0. The van der Waals surface area contributed by atoms with E-state index in [9.17, 15) is 4.79 Å². The second-order valence-corrected chi connectivity index (χ2v) is 9.18. The molecule has 2 aromatic carbocycles. The highest BCUT2D eigenvalue weighted by atomic mass is 16.5. The van der Waals surface area contributed by atoms with Gasteiger partial charge in [0, 0.05) is 48.8 Å². The largest absolute Gasteiger partial charge is 0.497 e. The molecule has 180 valence electrons. The molecule has 7 heteroatoms. The summed E-state index contributed by atoms with van der Waals surface area (Å²) in [6, 6.07) is 16.6. The molecule has 2 N–H and O–H groups in total. The second kappa shape index (κ2) is 9.78. The smallest absolute Gasteiger partial charge is 0.323 e. The lowest BCUT2D eigenvalue weighted by Crippen LogP contribution is -2.55. The Morgan fingerprint density at radius 2 is 1.91 bits per heavy atom. The minimum Gasteiger partial charge on any atom is -0.497 e. The second-order valence-electron chi connectivity index (χ2n) is 9.18. The van der Waals surface area contributed by atoms with Crippen molar-refractivity contribution in [3.8, 4) is 5.75 Å². The van der Waals surface area contributed by atoms with E-state index in [1.54, 1.807) is 14.2 Å². The Labute approximate surface area is 200 Å². The van der Waals surface area contributed by atoms with Crippen LogP contribution in [0.2, 0.25) is 0 Å². The summed E-state index contributed by atoms with van der Waals surface area (Å²) in [6.45, 7) is 1.45. The van der Waals surface area contributed by atoms with E-state index in [2.05, 4.69) is 51.6 Å². The Morgan fingerprint density at radius 1 is 1.09 bits per heavy atom. The molecular weight excluding hydrogens is 430 g/mol. The van der Waals surface area contributed by atoms with Gasteiger partial charge in [-0.15, -0.1) is 0 Å². The molecule has 3 aromatic rings. The highest BCUT2D eigenvalue weighted by Gasteiger charge is 2.48. The predicted octanol–water partition coefficient (Wildman–Crippen LogP) is 3.76. The number of fused-ring (bicyclic) bond motifs is 5. The number of esters is 1. The minimum absolute atomic E-state index is 0.0394. The van der Waals surface area contributed by atoms with Gasteiger partial charge in [0.1, 0.15) is 11.8 Å². The number of carbonyl (C=O) groups excluding carboxylic acids is 1. The van der Waals surface area contributed by atoms with Crippen LogP contribution in [0.15, 0.2) is 48.5 Å². The van der Waals surface area contributed by atoms with Crippen LogP contribution in [0.5, 0.6) is 5.75 Å². The third kappa shape index (κ3) is 4.08. The lowest BCUT2D eigenvalue weighted by Gasteiger charge is -2.50. The van der Waals surface area contributed by atoms with E-state index < -0.39 is 0 Å². The van der Waals surface area contributed by atoms with Crippen LogP contribution in [0.25, 0.3) is 10.9 Å². The van der Waals surface area contributed by atoms with Crippen LogP contribution >= 0.6 is 0 Å². The molecule has 0 saturated carbocycles. The van der Waals surface area contributed by atoms with E-state index >= 15 is 0 Å². The van der Waals surface area contributed by atoms with Gasteiger partial charge in [-0.2, -0.15) is 0 Å². The Balaban J connectivity index is 1.62. The fourth-order valence-corrected chi connectivity index (χ4v) is 5.85. The van der Waals surface area contributed by atoms with Crippen LogP contribution in [0, 0.1) is 0 Å². The zero-order valence-electron chi connectivity index (χ0n) is 20.0. The van der Waals surface area contributed by atoms with Crippen molar-refractivity contribution in [2.75, 3.05) is 34.5 Å². The molecule has 4 unspecified atom stereocenters. The van der Waals surface area contributed by atoms with Gasteiger partial charge in [-0.25, -0.2) is 0 Å². The van der Waals surface area contributed by atoms with Crippen molar-refractivity contribution in [3.63, 3.8) is 0 Å². The molecule has 0 amide bonds. The van der Waals surface area contributed by atoms with E-state index in [0.29, 0.717) is 13.0 Å². The molecule has 0 radical (unpaired) electrons. The molecular formula is C27H33N3O4. The highest BCUT2D eigenvalue weighted by Crippen LogP contribution is 2.49. The molecule has 1 saturated heterocycles. The van der Waals surface area contributed by atoms with Crippen LogP contribution < -0.4 is 10.1 Å². The van der Waals surface area contributed by atoms with Crippen LogP contribution in [0.1, 0.15) is 41.7 Å². The summed E-state index contributed by atoms with van der Waals surface area (Å²) in [4.78, 5) is 19.2. The maximum Gasteiger partial charge on any atom is 0.323 e. The van der Waals surface area contributed by atoms with Crippen molar-refractivity contribution in [3.05, 3.63) is 65.4 Å². The number of hydrogen-bond donors (Lipinski definition) is 2. The summed E-state index contributed by atoms with van der Waals surface area (Å²) in [7, 11) is 4.90. The van der Waals surface area contributed by atoms with Crippen LogP contribution in [-0.4, -0.2) is 62.4 Å². The molecule has 5 rings (SSSR count). The van der Waals surface area contributed by atoms with Crippen molar-refractivity contribution < 1.29 is 19.0 Å². The normalized spacial score (nSPS) is 24.4. The number of H-pyrrole nitrogens is 1. The fraction of sp³-hybridized carbons (Fsp3) is 0.444. The molecule has 3 heterocycles. The first kappa shape index (κ1) is 22.9. The minimum atomic E-state index is -0.349. The fourth-order valence-electron chi connectivity index (χ4n) is 5.85. The quantitative estimate of drug-likeness (QED) is 0.411. The van der Waals surface area contributed by atoms with Crippen LogP contribution in [-0.2, 0) is 20.7 Å². The number of methoxy groups -OCH3 is 3. The molecule has 1 aromatic heterocycles. The summed E-state index contributed by atoms with van der Waals surface area (Å²) in [5, 5.41) is 4.89. The van der Waals surface area contributed by atoms with E-state index in [4.69, 9.17) is 14.2 Å². The Hall–Kier alpha value is -2.87. The average molecular weight is 464 g/mol. The first-order chi connectivity index (χ1) is 16.6. The highest BCUT2D eigenvalue weighted by molar-refractivity contribution is 5.87. The van der Waals surface area contributed by atoms with Crippen LogP contribution in [0.4, 0.5) is 0 Å². The number of nitrogens with zero attached hydrogens (tertiary/aromatic N) is 1. The lowest BCUT2D eigenvalue weighted by molar-refractivity contribution is -0.152. The first-order valence-corrected chi connectivity index (χ1v) is 12.0. The molecule has 0 aliphatic carbocycles. The van der Waals surface area contributed by atoms with Crippen molar-refractivity contribution in [1.82, 2.24) is 15.2 Å². The van der Waals surface area contributed by atoms with Crippen molar-refractivity contribution in [1.29, 1.82) is 0 Å². The third-order valence-electron chi connectivity index (χ3n) is 7.36. The zero-order valence-corrected chi connectivity index (χ0v) is 20.0. The van der Waals surface area contributed by atoms with Gasteiger partial charge < -0.3 is 24.5 Å². The third-order valence-corrected chi connectivity index (χ3v) is 7.36. The molecule has 7 nitrogen and oxygen atoms in total. The molecule has 4 atom stereocenters. The number of para-hydroxylation sites is 1. The monoisotopic (exact) mass is 463 g/mol. The van der Waals surface area contributed by atoms with Gasteiger partial charge in [-0.05, 0) is 42.2 Å². The maximum atomic E-state index is 13.2. The number of aromatic nitrogens is 1. The van der Waals surface area contributed by atoms with Crippen LogP contribution in [0.3, 0.4) is 0 Å².